The Balaban J connectivity index is 1.96. The molecule has 0 aliphatic carbocycles. The molecule has 0 spiro atoms. The monoisotopic (exact) mass is 303 g/mol. The van der Waals surface area contributed by atoms with Gasteiger partial charge in [0.2, 0.25) is 0 Å². The van der Waals surface area contributed by atoms with Crippen molar-refractivity contribution in [2.45, 2.75) is 11.3 Å². The van der Waals surface area contributed by atoms with Gasteiger partial charge in [-0.25, -0.2) is 12.8 Å². The first kappa shape index (κ1) is 12.4. The summed E-state index contributed by atoms with van der Waals surface area (Å²) >= 11 is 6.71. The highest BCUT2D eigenvalue weighted by Crippen LogP contribution is 2.40. The average molecular weight is 303 g/mol. The molecule has 2 aliphatic rings. The lowest BCUT2D eigenvalue weighted by molar-refractivity contribution is 0.601. The van der Waals surface area contributed by atoms with Crippen LogP contribution in [0, 0.1) is 5.82 Å². The van der Waals surface area contributed by atoms with E-state index < -0.39 is 9.84 Å². The maximum absolute atomic E-state index is 12.9. The number of sulfone groups is 1. The van der Waals surface area contributed by atoms with Gasteiger partial charge in [0.1, 0.15) is 10.1 Å². The fourth-order valence-corrected chi connectivity index (χ4v) is 6.75. The Morgan fingerprint density at radius 2 is 1.94 bits per heavy atom. The Morgan fingerprint density at radius 1 is 1.28 bits per heavy atom. The highest BCUT2D eigenvalue weighted by atomic mass is 32.2. The van der Waals surface area contributed by atoms with Crippen LogP contribution in [0.3, 0.4) is 0 Å². The third-order valence-corrected chi connectivity index (χ3v) is 6.75. The number of thiocarbonyl (C=S) groups is 1. The molecule has 0 bridgehead atoms. The van der Waals surface area contributed by atoms with E-state index in [4.69, 9.17) is 12.2 Å². The minimum absolute atomic E-state index is 0.00699. The lowest BCUT2D eigenvalue weighted by atomic mass is 10.2. The number of hydrogen-bond donors (Lipinski definition) is 0. The number of nitrogens with zero attached hydrogens (tertiary/aromatic N) is 1. The summed E-state index contributed by atoms with van der Waals surface area (Å²) in [7, 11) is -2.97. The normalized spacial score (nSPS) is 29.6. The van der Waals surface area contributed by atoms with Crippen molar-refractivity contribution < 1.29 is 12.8 Å². The van der Waals surface area contributed by atoms with Crippen LogP contribution < -0.4 is 4.90 Å². The molecule has 96 valence electrons. The fourth-order valence-electron chi connectivity index (χ4n) is 2.37. The molecule has 0 saturated carbocycles. The molecule has 1 aromatic rings. The van der Waals surface area contributed by atoms with Crippen LogP contribution in [0.1, 0.15) is 0 Å². The molecule has 2 fully saturated rings. The van der Waals surface area contributed by atoms with E-state index in [0.29, 0.717) is 4.32 Å². The zero-order chi connectivity index (χ0) is 12.9. The molecule has 2 saturated heterocycles. The summed E-state index contributed by atoms with van der Waals surface area (Å²) in [6, 6.07) is 5.88. The van der Waals surface area contributed by atoms with Crippen molar-refractivity contribution in [1.82, 2.24) is 0 Å². The molecule has 3 rings (SSSR count). The molecule has 18 heavy (non-hydrogen) atoms. The van der Waals surface area contributed by atoms with Crippen molar-refractivity contribution in [3.05, 3.63) is 30.1 Å². The molecule has 0 unspecified atom stereocenters. The first-order valence-electron chi connectivity index (χ1n) is 5.42. The predicted molar refractivity (Wildman–Crippen MR) is 75.3 cm³/mol. The maximum Gasteiger partial charge on any atom is 0.153 e. The van der Waals surface area contributed by atoms with Gasteiger partial charge in [-0.05, 0) is 24.3 Å². The molecular weight excluding hydrogens is 293 g/mol. The number of rotatable bonds is 1. The van der Waals surface area contributed by atoms with E-state index >= 15 is 0 Å². The smallest absolute Gasteiger partial charge is 0.153 e. The fraction of sp³-hybridized carbons (Fsp3) is 0.364. The van der Waals surface area contributed by atoms with Gasteiger partial charge in [-0.15, -0.1) is 0 Å². The van der Waals surface area contributed by atoms with E-state index in [0.717, 1.165) is 5.69 Å². The van der Waals surface area contributed by atoms with Gasteiger partial charge >= 0.3 is 0 Å². The van der Waals surface area contributed by atoms with Gasteiger partial charge in [-0.2, -0.15) is 0 Å². The molecule has 7 heteroatoms. The van der Waals surface area contributed by atoms with Crippen LogP contribution in [0.25, 0.3) is 0 Å². The second-order valence-corrected chi connectivity index (χ2v) is 8.44. The molecule has 0 aromatic heterocycles. The summed E-state index contributed by atoms with van der Waals surface area (Å²) in [4.78, 5) is 1.84. The Hall–Kier alpha value is -0.660. The largest absolute Gasteiger partial charge is 0.322 e. The standard InChI is InChI=1S/C11H10FNO2S3/c12-7-1-3-8(4-2-7)13-9-5-18(14,15)6-10(9)17-11(13)16/h1-4,9-10H,5-6H2/t9-,10+/m1/s1. The van der Waals surface area contributed by atoms with Crippen LogP contribution in [0.15, 0.2) is 24.3 Å². The maximum atomic E-state index is 12.9. The molecule has 0 N–H and O–H groups in total. The molecule has 0 amide bonds. The number of thioether (sulfide) groups is 1. The van der Waals surface area contributed by atoms with Crippen LogP contribution in [-0.2, 0) is 9.84 Å². The Bertz CT molecular complexity index is 599. The van der Waals surface area contributed by atoms with Gasteiger partial charge in [-0.3, -0.25) is 0 Å². The quantitative estimate of drug-likeness (QED) is 0.740. The van der Waals surface area contributed by atoms with E-state index in [1.54, 1.807) is 12.1 Å². The minimum Gasteiger partial charge on any atom is -0.322 e. The summed E-state index contributed by atoms with van der Waals surface area (Å²) < 4.78 is 36.9. The van der Waals surface area contributed by atoms with E-state index in [9.17, 15) is 12.8 Å². The van der Waals surface area contributed by atoms with Gasteiger partial charge in [0.25, 0.3) is 0 Å². The van der Waals surface area contributed by atoms with Crippen LogP contribution in [0.5, 0.6) is 0 Å². The summed E-state index contributed by atoms with van der Waals surface area (Å²) in [6.45, 7) is 0. The predicted octanol–water partition coefficient (Wildman–Crippen LogP) is 1.83. The SMILES string of the molecule is O=S1(=O)C[C@@H]2SC(=S)N(c3ccc(F)cc3)[C@@H]2C1. The summed E-state index contributed by atoms with van der Waals surface area (Å²) in [5.41, 5.74) is 0.763. The highest BCUT2D eigenvalue weighted by Gasteiger charge is 2.48. The first-order valence-corrected chi connectivity index (χ1v) is 8.53. The van der Waals surface area contributed by atoms with Crippen molar-refractivity contribution in [1.29, 1.82) is 0 Å². The van der Waals surface area contributed by atoms with Gasteiger partial charge < -0.3 is 4.90 Å². The molecule has 3 nitrogen and oxygen atoms in total. The average Bonchev–Trinajstić information content (AvgIpc) is 2.70. The van der Waals surface area contributed by atoms with Crippen LogP contribution in [0.4, 0.5) is 10.1 Å². The number of halogens is 1. The second kappa shape index (κ2) is 4.18. The van der Waals surface area contributed by atoms with Gasteiger partial charge in [0, 0.05) is 10.9 Å². The molecule has 2 heterocycles. The zero-order valence-electron chi connectivity index (χ0n) is 9.24. The minimum atomic E-state index is -2.97. The number of benzene rings is 1. The summed E-state index contributed by atoms with van der Waals surface area (Å²) in [6.07, 6.45) is 0. The van der Waals surface area contributed by atoms with Crippen molar-refractivity contribution in [3.63, 3.8) is 0 Å². The molecule has 0 radical (unpaired) electrons. The lowest BCUT2D eigenvalue weighted by Crippen LogP contribution is -2.36. The number of hydrogen-bond acceptors (Lipinski definition) is 4. The van der Waals surface area contributed by atoms with Gasteiger partial charge in [0.05, 0.1) is 17.5 Å². The molecule has 2 aliphatic heterocycles. The van der Waals surface area contributed by atoms with Crippen LogP contribution >= 0.6 is 24.0 Å². The van der Waals surface area contributed by atoms with E-state index in [1.165, 1.54) is 23.9 Å². The van der Waals surface area contributed by atoms with Crippen molar-refractivity contribution >= 4 is 43.8 Å². The third-order valence-electron chi connectivity index (χ3n) is 3.16. The summed E-state index contributed by atoms with van der Waals surface area (Å²) in [5, 5.41) is 0.00699. The van der Waals surface area contributed by atoms with Gasteiger partial charge in [0.15, 0.2) is 9.84 Å². The van der Waals surface area contributed by atoms with Crippen LogP contribution in [0.2, 0.25) is 0 Å². The topological polar surface area (TPSA) is 37.4 Å². The number of anilines is 1. The van der Waals surface area contributed by atoms with Crippen molar-refractivity contribution in [2.24, 2.45) is 0 Å². The Labute approximate surface area is 114 Å². The van der Waals surface area contributed by atoms with Crippen LogP contribution in [-0.4, -0.2) is 35.5 Å². The molecular formula is C11H10FNO2S3. The van der Waals surface area contributed by atoms with Crippen molar-refractivity contribution in [2.75, 3.05) is 16.4 Å². The zero-order valence-corrected chi connectivity index (χ0v) is 11.7. The third kappa shape index (κ3) is 2.04. The van der Waals surface area contributed by atoms with E-state index in [-0.39, 0.29) is 28.6 Å². The highest BCUT2D eigenvalue weighted by molar-refractivity contribution is 8.24. The van der Waals surface area contributed by atoms with E-state index in [1.807, 2.05) is 4.90 Å². The van der Waals surface area contributed by atoms with Gasteiger partial charge in [-0.1, -0.05) is 24.0 Å². The summed E-state index contributed by atoms with van der Waals surface area (Å²) in [5.74, 6) is -0.00497. The van der Waals surface area contributed by atoms with Crippen molar-refractivity contribution in [3.8, 4) is 0 Å². The number of fused-ring (bicyclic) bond motifs is 1. The van der Waals surface area contributed by atoms with E-state index in [2.05, 4.69) is 0 Å². The molecule has 1 aromatic carbocycles. The second-order valence-electron chi connectivity index (χ2n) is 4.41. The Morgan fingerprint density at radius 3 is 2.61 bits per heavy atom. The lowest BCUT2D eigenvalue weighted by Gasteiger charge is -2.23. The first-order chi connectivity index (χ1) is 8.46. The molecule has 2 atom stereocenters. The Kier molecular flexibility index (Phi) is 2.87.